The van der Waals surface area contributed by atoms with Crippen LogP contribution in [0.3, 0.4) is 0 Å². The summed E-state index contributed by atoms with van der Waals surface area (Å²) in [6.07, 6.45) is 2.29. The number of hydrogen-bond donors (Lipinski definition) is 0. The van der Waals surface area contributed by atoms with Gasteiger partial charge in [-0.3, -0.25) is 9.59 Å². The molecule has 0 aliphatic rings. The van der Waals surface area contributed by atoms with Gasteiger partial charge in [-0.05, 0) is 24.5 Å². The molecule has 0 saturated heterocycles. The standard InChI is InChI=1S/C16H17BN2O3/c1-3-12-4-5-14(11(2)6-12)15(20)9-19-16(21)7-13(8-18-19)22-10-17/h4-8H,3,9-10H2,1-2H3. The Morgan fingerprint density at radius 3 is 2.73 bits per heavy atom. The van der Waals surface area contributed by atoms with Gasteiger partial charge in [0.25, 0.3) is 5.56 Å². The number of Topliss-reactive ketones (excluding diaryl/α,β-unsaturated/α-hetero) is 1. The van der Waals surface area contributed by atoms with Gasteiger partial charge in [0.2, 0.25) is 0 Å². The Kier molecular flexibility index (Phi) is 5.14. The summed E-state index contributed by atoms with van der Waals surface area (Å²) in [4.78, 5) is 24.2. The van der Waals surface area contributed by atoms with E-state index >= 15 is 0 Å². The molecule has 0 bridgehead atoms. The molecule has 1 aromatic heterocycles. The van der Waals surface area contributed by atoms with Crippen molar-refractivity contribution in [3.63, 3.8) is 0 Å². The molecule has 0 spiro atoms. The lowest BCUT2D eigenvalue weighted by Gasteiger charge is -2.09. The Morgan fingerprint density at radius 1 is 1.36 bits per heavy atom. The summed E-state index contributed by atoms with van der Waals surface area (Å²) in [6.45, 7) is 3.81. The second kappa shape index (κ2) is 7.07. The topological polar surface area (TPSA) is 61.2 Å². The number of ketones is 1. The first-order chi connectivity index (χ1) is 10.5. The molecule has 5 nitrogen and oxygen atoms in total. The highest BCUT2D eigenvalue weighted by Gasteiger charge is 2.12. The van der Waals surface area contributed by atoms with Gasteiger partial charge in [-0.15, -0.1) is 0 Å². The van der Waals surface area contributed by atoms with Crippen LogP contribution in [0.2, 0.25) is 0 Å². The second-order valence-corrected chi connectivity index (χ2v) is 4.92. The van der Waals surface area contributed by atoms with Gasteiger partial charge in [-0.1, -0.05) is 25.1 Å². The maximum absolute atomic E-state index is 12.3. The van der Waals surface area contributed by atoms with Gasteiger partial charge in [0.15, 0.2) is 5.78 Å². The minimum Gasteiger partial charge on any atom is -0.502 e. The first-order valence-corrected chi connectivity index (χ1v) is 7.08. The van der Waals surface area contributed by atoms with Crippen LogP contribution >= 0.6 is 0 Å². The van der Waals surface area contributed by atoms with Gasteiger partial charge in [0, 0.05) is 18.1 Å². The zero-order valence-corrected chi connectivity index (χ0v) is 12.7. The van der Waals surface area contributed by atoms with Gasteiger partial charge in [0.1, 0.15) is 20.1 Å². The molecule has 0 aliphatic carbocycles. The van der Waals surface area contributed by atoms with Crippen LogP contribution in [0.25, 0.3) is 0 Å². The maximum atomic E-state index is 12.3. The average molecular weight is 296 g/mol. The van der Waals surface area contributed by atoms with E-state index in [-0.39, 0.29) is 18.8 Å². The Balaban J connectivity index is 2.20. The number of hydrogen-bond acceptors (Lipinski definition) is 4. The number of rotatable bonds is 6. The zero-order chi connectivity index (χ0) is 16.1. The van der Waals surface area contributed by atoms with Crippen molar-refractivity contribution in [1.82, 2.24) is 9.78 Å². The number of ether oxygens (including phenoxy) is 1. The highest BCUT2D eigenvalue weighted by Crippen LogP contribution is 2.13. The van der Waals surface area contributed by atoms with Crippen LogP contribution in [0.15, 0.2) is 35.3 Å². The molecule has 2 radical (unpaired) electrons. The smallest absolute Gasteiger partial charge is 0.270 e. The Bertz CT molecular complexity index is 740. The third-order valence-electron chi connectivity index (χ3n) is 3.39. The molecule has 0 N–H and O–H groups in total. The Morgan fingerprint density at radius 2 is 2.14 bits per heavy atom. The number of carbonyl (C=O) groups is 1. The van der Waals surface area contributed by atoms with Crippen molar-refractivity contribution in [2.45, 2.75) is 26.8 Å². The van der Waals surface area contributed by atoms with E-state index in [1.165, 1.54) is 17.8 Å². The van der Waals surface area contributed by atoms with Crippen LogP contribution in [0.5, 0.6) is 5.75 Å². The van der Waals surface area contributed by atoms with Gasteiger partial charge < -0.3 is 4.74 Å². The van der Waals surface area contributed by atoms with Crippen LogP contribution < -0.4 is 10.3 Å². The van der Waals surface area contributed by atoms with Gasteiger partial charge in [-0.25, -0.2) is 4.68 Å². The molecule has 6 heteroatoms. The normalized spacial score (nSPS) is 10.5. The molecule has 2 aromatic rings. The first kappa shape index (κ1) is 16.0. The number of nitrogens with zero attached hydrogens (tertiary/aromatic N) is 2. The van der Waals surface area contributed by atoms with Crippen molar-refractivity contribution in [1.29, 1.82) is 0 Å². The lowest BCUT2D eigenvalue weighted by atomic mass is 10.0. The van der Waals surface area contributed by atoms with Crippen molar-refractivity contribution >= 4 is 13.6 Å². The Hall–Kier alpha value is -2.37. The van der Waals surface area contributed by atoms with Crippen LogP contribution in [-0.2, 0) is 13.0 Å². The van der Waals surface area contributed by atoms with Crippen LogP contribution in [0, 0.1) is 6.92 Å². The largest absolute Gasteiger partial charge is 0.502 e. The molecule has 0 fully saturated rings. The third kappa shape index (κ3) is 3.64. The van der Waals surface area contributed by atoms with Gasteiger partial charge >= 0.3 is 0 Å². The quantitative estimate of drug-likeness (QED) is 0.598. The summed E-state index contributed by atoms with van der Waals surface area (Å²) in [5.74, 6) is 0.141. The van der Waals surface area contributed by atoms with Crippen LogP contribution in [-0.4, -0.2) is 29.9 Å². The van der Waals surface area contributed by atoms with Crippen molar-refractivity contribution in [3.8, 4) is 5.75 Å². The van der Waals surface area contributed by atoms with Crippen LogP contribution in [0.1, 0.15) is 28.4 Å². The number of aryl methyl sites for hydroxylation is 2. The van der Waals surface area contributed by atoms with E-state index in [1.54, 1.807) is 6.07 Å². The molecule has 0 aliphatic heterocycles. The molecule has 2 rings (SSSR count). The van der Waals surface area contributed by atoms with E-state index in [0.29, 0.717) is 11.3 Å². The van der Waals surface area contributed by atoms with Crippen molar-refractivity contribution in [3.05, 3.63) is 57.5 Å². The minimum absolute atomic E-state index is 0.0347. The summed E-state index contributed by atoms with van der Waals surface area (Å²) in [7, 11) is 5.23. The third-order valence-corrected chi connectivity index (χ3v) is 3.39. The maximum Gasteiger partial charge on any atom is 0.270 e. The van der Waals surface area contributed by atoms with E-state index in [9.17, 15) is 9.59 Å². The minimum atomic E-state index is -0.401. The highest BCUT2D eigenvalue weighted by atomic mass is 16.5. The highest BCUT2D eigenvalue weighted by molar-refractivity contribution is 6.08. The van der Waals surface area contributed by atoms with Crippen molar-refractivity contribution < 1.29 is 9.53 Å². The van der Waals surface area contributed by atoms with E-state index in [1.807, 2.05) is 19.1 Å². The monoisotopic (exact) mass is 296 g/mol. The van der Waals surface area contributed by atoms with Crippen LogP contribution in [0.4, 0.5) is 0 Å². The fraction of sp³-hybridized carbons (Fsp3) is 0.312. The summed E-state index contributed by atoms with van der Waals surface area (Å²) in [6, 6.07) is 6.98. The van der Waals surface area contributed by atoms with E-state index in [0.717, 1.165) is 16.7 Å². The Labute approximate surface area is 130 Å². The van der Waals surface area contributed by atoms with E-state index < -0.39 is 5.56 Å². The predicted octanol–water partition coefficient (Wildman–Crippen LogP) is 1.50. The molecule has 0 atom stereocenters. The molecular formula is C16H17BN2O3. The summed E-state index contributed by atoms with van der Waals surface area (Å²) < 4.78 is 6.10. The summed E-state index contributed by atoms with van der Waals surface area (Å²) in [5, 5.41) is 3.93. The average Bonchev–Trinajstić information content (AvgIpc) is 2.50. The molecule has 0 saturated carbocycles. The zero-order valence-electron chi connectivity index (χ0n) is 12.7. The predicted molar refractivity (Wildman–Crippen MR) is 84.6 cm³/mol. The van der Waals surface area contributed by atoms with E-state index in [2.05, 4.69) is 12.0 Å². The molecular weight excluding hydrogens is 279 g/mol. The number of benzene rings is 1. The summed E-state index contributed by atoms with van der Waals surface area (Å²) in [5.41, 5.74) is 2.28. The molecule has 0 unspecified atom stereocenters. The molecule has 0 amide bonds. The first-order valence-electron chi connectivity index (χ1n) is 7.08. The number of carbonyl (C=O) groups excluding carboxylic acids is 1. The van der Waals surface area contributed by atoms with Crippen molar-refractivity contribution in [2.24, 2.45) is 0 Å². The molecule has 1 aromatic carbocycles. The second-order valence-electron chi connectivity index (χ2n) is 4.92. The van der Waals surface area contributed by atoms with Gasteiger partial charge in [-0.2, -0.15) is 5.10 Å². The lowest BCUT2D eigenvalue weighted by Crippen LogP contribution is -2.26. The SMILES string of the molecule is [B]COc1cnn(CC(=O)c2ccc(CC)cc2C)c(=O)c1. The fourth-order valence-electron chi connectivity index (χ4n) is 2.19. The summed E-state index contributed by atoms with van der Waals surface area (Å²) >= 11 is 0. The molecule has 22 heavy (non-hydrogen) atoms. The molecule has 1 heterocycles. The van der Waals surface area contributed by atoms with E-state index in [4.69, 9.17) is 12.6 Å². The lowest BCUT2D eigenvalue weighted by molar-refractivity contribution is 0.0965. The fourth-order valence-corrected chi connectivity index (χ4v) is 2.19. The van der Waals surface area contributed by atoms with Gasteiger partial charge in [0.05, 0.1) is 6.20 Å². The molecule has 112 valence electrons. The van der Waals surface area contributed by atoms with Crippen molar-refractivity contribution in [2.75, 3.05) is 6.51 Å². The number of aromatic nitrogens is 2.